The minimum Gasteiger partial charge on any atom is -0.322 e. The number of hydrogen-bond donors (Lipinski definition) is 1. The van der Waals surface area contributed by atoms with Crippen molar-refractivity contribution < 1.29 is 4.39 Å². The van der Waals surface area contributed by atoms with E-state index < -0.39 is 0 Å². The molecule has 1 aromatic rings. The quantitative estimate of drug-likeness (QED) is 0.920. The summed E-state index contributed by atoms with van der Waals surface area (Å²) in [6.07, 6.45) is 6.47. The van der Waals surface area contributed by atoms with E-state index in [1.807, 2.05) is 0 Å². The SMILES string of the molecule is CC(CN1CCCCCC1C)C(N)c1ccc(F)cn1. The van der Waals surface area contributed by atoms with Gasteiger partial charge in [0.2, 0.25) is 0 Å². The van der Waals surface area contributed by atoms with Crippen molar-refractivity contribution >= 4 is 0 Å². The van der Waals surface area contributed by atoms with Crippen LogP contribution in [0, 0.1) is 11.7 Å². The van der Waals surface area contributed by atoms with Gasteiger partial charge in [-0.05, 0) is 44.4 Å². The first-order valence-corrected chi connectivity index (χ1v) is 7.69. The molecule has 1 aliphatic rings. The van der Waals surface area contributed by atoms with Gasteiger partial charge in [-0.15, -0.1) is 0 Å². The molecule has 0 bridgehead atoms. The maximum atomic E-state index is 12.9. The molecule has 1 aromatic heterocycles. The lowest BCUT2D eigenvalue weighted by Crippen LogP contribution is -2.39. The summed E-state index contributed by atoms with van der Waals surface area (Å²) in [6, 6.07) is 3.63. The molecule has 0 amide bonds. The zero-order valence-electron chi connectivity index (χ0n) is 12.6. The Balaban J connectivity index is 1.95. The summed E-state index contributed by atoms with van der Waals surface area (Å²) >= 11 is 0. The van der Waals surface area contributed by atoms with Crippen LogP contribution in [-0.4, -0.2) is 29.0 Å². The number of nitrogens with zero attached hydrogens (tertiary/aromatic N) is 2. The van der Waals surface area contributed by atoms with Gasteiger partial charge in [0, 0.05) is 12.6 Å². The Morgan fingerprint density at radius 2 is 2.20 bits per heavy atom. The lowest BCUT2D eigenvalue weighted by molar-refractivity contribution is 0.174. The van der Waals surface area contributed by atoms with E-state index in [0.717, 1.165) is 18.8 Å². The van der Waals surface area contributed by atoms with Gasteiger partial charge in [0.05, 0.1) is 17.9 Å². The molecular weight excluding hydrogens is 253 g/mol. The van der Waals surface area contributed by atoms with Crippen molar-refractivity contribution in [2.24, 2.45) is 11.7 Å². The van der Waals surface area contributed by atoms with Crippen molar-refractivity contribution in [3.8, 4) is 0 Å². The Bertz CT molecular complexity index is 407. The van der Waals surface area contributed by atoms with Crippen LogP contribution in [0.25, 0.3) is 0 Å². The molecule has 2 rings (SSSR count). The van der Waals surface area contributed by atoms with Gasteiger partial charge >= 0.3 is 0 Å². The summed E-state index contributed by atoms with van der Waals surface area (Å²) < 4.78 is 12.9. The molecule has 0 aliphatic carbocycles. The van der Waals surface area contributed by atoms with Gasteiger partial charge in [-0.1, -0.05) is 19.8 Å². The molecular formula is C16H26FN3. The molecule has 3 nitrogen and oxygen atoms in total. The summed E-state index contributed by atoms with van der Waals surface area (Å²) in [5.74, 6) is 0.00301. The molecule has 0 spiro atoms. The Hall–Kier alpha value is -1.00. The molecule has 1 aliphatic heterocycles. The lowest BCUT2D eigenvalue weighted by atomic mass is 9.97. The third kappa shape index (κ3) is 4.00. The van der Waals surface area contributed by atoms with Gasteiger partial charge < -0.3 is 10.6 Å². The number of nitrogens with two attached hydrogens (primary N) is 1. The Morgan fingerprint density at radius 3 is 2.90 bits per heavy atom. The molecule has 4 heteroatoms. The molecule has 0 radical (unpaired) electrons. The number of pyridine rings is 1. The number of aromatic nitrogens is 1. The van der Waals surface area contributed by atoms with Gasteiger partial charge in [-0.3, -0.25) is 4.98 Å². The zero-order chi connectivity index (χ0) is 14.5. The zero-order valence-corrected chi connectivity index (χ0v) is 12.6. The minimum absolute atomic E-state index is 0.133. The molecule has 3 unspecified atom stereocenters. The van der Waals surface area contributed by atoms with Crippen molar-refractivity contribution in [1.29, 1.82) is 0 Å². The number of hydrogen-bond acceptors (Lipinski definition) is 3. The highest BCUT2D eigenvalue weighted by atomic mass is 19.1. The van der Waals surface area contributed by atoms with E-state index >= 15 is 0 Å². The second-order valence-corrected chi connectivity index (χ2v) is 6.10. The summed E-state index contributed by atoms with van der Waals surface area (Å²) in [5.41, 5.74) is 7.06. The molecule has 1 fully saturated rings. The Kier molecular flexibility index (Phi) is 5.49. The van der Waals surface area contributed by atoms with Gasteiger partial charge in [0.1, 0.15) is 5.82 Å². The average molecular weight is 279 g/mol. The molecule has 3 atom stereocenters. The van der Waals surface area contributed by atoms with Crippen molar-refractivity contribution in [3.05, 3.63) is 29.8 Å². The van der Waals surface area contributed by atoms with Crippen LogP contribution in [0.5, 0.6) is 0 Å². The predicted octanol–water partition coefficient (Wildman–Crippen LogP) is 3.12. The van der Waals surface area contributed by atoms with Gasteiger partial charge in [0.25, 0.3) is 0 Å². The normalized spacial score (nSPS) is 24.1. The van der Waals surface area contributed by atoms with Crippen molar-refractivity contribution in [3.63, 3.8) is 0 Å². The fourth-order valence-corrected chi connectivity index (χ4v) is 2.97. The first-order chi connectivity index (χ1) is 9.58. The van der Waals surface area contributed by atoms with Crippen molar-refractivity contribution in [1.82, 2.24) is 9.88 Å². The van der Waals surface area contributed by atoms with E-state index in [2.05, 4.69) is 23.7 Å². The van der Waals surface area contributed by atoms with Gasteiger partial charge in [0.15, 0.2) is 0 Å². The summed E-state index contributed by atoms with van der Waals surface area (Å²) in [4.78, 5) is 6.65. The van der Waals surface area contributed by atoms with Crippen LogP contribution in [0.3, 0.4) is 0 Å². The van der Waals surface area contributed by atoms with Crippen LogP contribution in [0.2, 0.25) is 0 Å². The van der Waals surface area contributed by atoms with Crippen LogP contribution >= 0.6 is 0 Å². The minimum atomic E-state index is -0.310. The monoisotopic (exact) mass is 279 g/mol. The lowest BCUT2D eigenvalue weighted by Gasteiger charge is -2.31. The topological polar surface area (TPSA) is 42.1 Å². The second kappa shape index (κ2) is 7.14. The summed E-state index contributed by atoms with van der Waals surface area (Å²) in [7, 11) is 0. The average Bonchev–Trinajstić information content (AvgIpc) is 2.64. The maximum Gasteiger partial charge on any atom is 0.141 e. The highest BCUT2D eigenvalue weighted by Gasteiger charge is 2.23. The molecule has 0 saturated carbocycles. The Labute approximate surface area is 121 Å². The van der Waals surface area contributed by atoms with E-state index in [0.29, 0.717) is 12.0 Å². The fourth-order valence-electron chi connectivity index (χ4n) is 2.97. The van der Waals surface area contributed by atoms with Crippen LogP contribution in [0.4, 0.5) is 4.39 Å². The largest absolute Gasteiger partial charge is 0.322 e. The summed E-state index contributed by atoms with van der Waals surface area (Å²) in [6.45, 7) is 6.61. The molecule has 112 valence electrons. The highest BCUT2D eigenvalue weighted by molar-refractivity contribution is 5.10. The van der Waals surface area contributed by atoms with E-state index in [1.165, 1.54) is 37.9 Å². The van der Waals surface area contributed by atoms with E-state index in [1.54, 1.807) is 6.07 Å². The third-order valence-corrected chi connectivity index (χ3v) is 4.42. The summed E-state index contributed by atoms with van der Waals surface area (Å²) in [5, 5.41) is 0. The van der Waals surface area contributed by atoms with Crippen LogP contribution < -0.4 is 5.73 Å². The standard InChI is InChI=1S/C16H26FN3/c1-12(11-20-9-5-3-4-6-13(20)2)16(18)15-8-7-14(17)10-19-15/h7-8,10,12-13,16H,3-6,9,11,18H2,1-2H3. The van der Waals surface area contributed by atoms with Gasteiger partial charge in [-0.2, -0.15) is 0 Å². The molecule has 20 heavy (non-hydrogen) atoms. The second-order valence-electron chi connectivity index (χ2n) is 6.10. The Morgan fingerprint density at radius 1 is 1.40 bits per heavy atom. The highest BCUT2D eigenvalue weighted by Crippen LogP contribution is 2.22. The van der Waals surface area contributed by atoms with E-state index in [9.17, 15) is 4.39 Å². The first kappa shape index (κ1) is 15.4. The van der Waals surface area contributed by atoms with Crippen LogP contribution in [-0.2, 0) is 0 Å². The molecule has 0 aromatic carbocycles. The van der Waals surface area contributed by atoms with Crippen molar-refractivity contribution in [2.45, 2.75) is 51.6 Å². The van der Waals surface area contributed by atoms with Gasteiger partial charge in [-0.25, -0.2) is 4.39 Å². The number of halogens is 1. The number of rotatable bonds is 4. The maximum absolute atomic E-state index is 12.9. The molecule has 1 saturated heterocycles. The number of likely N-dealkylation sites (tertiary alicyclic amines) is 1. The molecule has 2 heterocycles. The molecule has 2 N–H and O–H groups in total. The first-order valence-electron chi connectivity index (χ1n) is 7.69. The van der Waals surface area contributed by atoms with E-state index in [-0.39, 0.29) is 11.9 Å². The van der Waals surface area contributed by atoms with E-state index in [4.69, 9.17) is 5.73 Å². The smallest absolute Gasteiger partial charge is 0.141 e. The third-order valence-electron chi connectivity index (χ3n) is 4.42. The van der Waals surface area contributed by atoms with Crippen molar-refractivity contribution in [2.75, 3.05) is 13.1 Å². The predicted molar refractivity (Wildman–Crippen MR) is 79.8 cm³/mol. The fraction of sp³-hybridized carbons (Fsp3) is 0.688. The van der Waals surface area contributed by atoms with Crippen LogP contribution in [0.1, 0.15) is 51.3 Å². The van der Waals surface area contributed by atoms with Crippen LogP contribution in [0.15, 0.2) is 18.3 Å².